The van der Waals surface area contributed by atoms with Gasteiger partial charge in [0.2, 0.25) is 0 Å². The minimum atomic E-state index is 0.156. The molecule has 1 atom stereocenters. The fourth-order valence-electron chi connectivity index (χ4n) is 1.79. The van der Waals surface area contributed by atoms with Gasteiger partial charge in [-0.3, -0.25) is 4.79 Å². The Morgan fingerprint density at radius 2 is 2.06 bits per heavy atom. The number of benzene rings is 1. The maximum absolute atomic E-state index is 11.7. The van der Waals surface area contributed by atoms with Crippen LogP contribution in [0.5, 0.6) is 5.75 Å². The molecule has 0 heterocycles. The summed E-state index contributed by atoms with van der Waals surface area (Å²) in [6, 6.07) is 5.51. The Hall–Kier alpha value is -1.57. The molecule has 0 bridgehead atoms. The quantitative estimate of drug-likeness (QED) is 0.803. The lowest BCUT2D eigenvalue weighted by atomic mass is 9.94. The van der Waals surface area contributed by atoms with Gasteiger partial charge in [0.15, 0.2) is 5.78 Å². The second-order valence-corrected chi connectivity index (χ2v) is 4.84. The second-order valence-electron chi connectivity index (χ2n) is 4.84. The number of aromatic hydroxyl groups is 1. The van der Waals surface area contributed by atoms with Gasteiger partial charge >= 0.3 is 0 Å². The van der Waals surface area contributed by atoms with E-state index in [-0.39, 0.29) is 11.7 Å². The van der Waals surface area contributed by atoms with Gasteiger partial charge < -0.3 is 5.11 Å². The van der Waals surface area contributed by atoms with E-state index in [1.54, 1.807) is 12.1 Å². The van der Waals surface area contributed by atoms with Gasteiger partial charge in [-0.2, -0.15) is 0 Å². The molecule has 1 aromatic carbocycles. The summed E-state index contributed by atoms with van der Waals surface area (Å²) in [4.78, 5) is 11.7. The molecule has 0 saturated carbocycles. The van der Waals surface area contributed by atoms with Gasteiger partial charge in [-0.05, 0) is 50.0 Å². The van der Waals surface area contributed by atoms with Crippen LogP contribution in [-0.4, -0.2) is 10.9 Å². The first kappa shape index (κ1) is 13.5. The molecule has 0 radical (unpaired) electrons. The van der Waals surface area contributed by atoms with Gasteiger partial charge in [-0.25, -0.2) is 0 Å². The molecule has 17 heavy (non-hydrogen) atoms. The van der Waals surface area contributed by atoms with Crippen molar-refractivity contribution in [1.82, 2.24) is 0 Å². The van der Waals surface area contributed by atoms with E-state index >= 15 is 0 Å². The standard InChI is InChI=1S/C15H20O2/c1-10(2)7-14(16)9-11(3)13-5-6-15(17)12(4)8-13/h5-8,11,17H,9H2,1-4H3/t11-/m0/s1. The molecular weight excluding hydrogens is 212 g/mol. The summed E-state index contributed by atoms with van der Waals surface area (Å²) in [6.45, 7) is 7.74. The van der Waals surface area contributed by atoms with Crippen molar-refractivity contribution in [3.8, 4) is 5.75 Å². The molecule has 0 aromatic heterocycles. The minimum absolute atomic E-state index is 0.156. The molecule has 0 spiro atoms. The molecule has 0 fully saturated rings. The Labute approximate surface area is 103 Å². The monoisotopic (exact) mass is 232 g/mol. The highest BCUT2D eigenvalue weighted by molar-refractivity contribution is 5.90. The highest BCUT2D eigenvalue weighted by Gasteiger charge is 2.10. The van der Waals surface area contributed by atoms with Crippen LogP contribution in [0.3, 0.4) is 0 Å². The largest absolute Gasteiger partial charge is 0.508 e. The van der Waals surface area contributed by atoms with Crippen LogP contribution >= 0.6 is 0 Å². The van der Waals surface area contributed by atoms with Crippen molar-refractivity contribution in [2.45, 2.75) is 40.0 Å². The fraction of sp³-hybridized carbons (Fsp3) is 0.400. The third-order valence-corrected chi connectivity index (χ3v) is 2.75. The van der Waals surface area contributed by atoms with Crippen LogP contribution in [0.15, 0.2) is 29.8 Å². The van der Waals surface area contributed by atoms with E-state index in [0.717, 1.165) is 16.7 Å². The summed E-state index contributed by atoms with van der Waals surface area (Å²) in [6.07, 6.45) is 2.19. The lowest BCUT2D eigenvalue weighted by Gasteiger charge is -2.11. The number of ketones is 1. The molecule has 2 heteroatoms. The summed E-state index contributed by atoms with van der Waals surface area (Å²) in [5.74, 6) is 0.636. The van der Waals surface area contributed by atoms with Gasteiger partial charge in [0, 0.05) is 6.42 Å². The molecule has 1 aromatic rings. The van der Waals surface area contributed by atoms with Crippen molar-refractivity contribution in [2.24, 2.45) is 0 Å². The lowest BCUT2D eigenvalue weighted by molar-refractivity contribution is -0.114. The summed E-state index contributed by atoms with van der Waals surface area (Å²) < 4.78 is 0. The first-order chi connectivity index (χ1) is 7.90. The van der Waals surface area contributed by atoms with Crippen LogP contribution < -0.4 is 0 Å². The van der Waals surface area contributed by atoms with Gasteiger partial charge in [-0.1, -0.05) is 24.6 Å². The maximum atomic E-state index is 11.7. The summed E-state index contributed by atoms with van der Waals surface area (Å²) >= 11 is 0. The third kappa shape index (κ3) is 4.06. The zero-order valence-electron chi connectivity index (χ0n) is 10.9. The van der Waals surface area contributed by atoms with E-state index in [2.05, 4.69) is 0 Å². The Kier molecular flexibility index (Phi) is 4.50. The van der Waals surface area contributed by atoms with E-state index in [4.69, 9.17) is 0 Å². The molecule has 0 amide bonds. The number of allylic oxidation sites excluding steroid dienone is 2. The SMILES string of the molecule is CC(C)=CC(=O)C[C@H](C)c1ccc(O)c(C)c1. The molecule has 0 aliphatic rings. The van der Waals surface area contributed by atoms with Crippen molar-refractivity contribution < 1.29 is 9.90 Å². The number of phenolic OH excluding ortho intramolecular Hbond substituents is 1. The average molecular weight is 232 g/mol. The highest BCUT2D eigenvalue weighted by atomic mass is 16.3. The lowest BCUT2D eigenvalue weighted by Crippen LogP contribution is -2.02. The van der Waals surface area contributed by atoms with E-state index in [0.29, 0.717) is 12.2 Å². The molecule has 0 unspecified atom stereocenters. The number of phenols is 1. The predicted octanol–water partition coefficient (Wildman–Crippen LogP) is 3.73. The van der Waals surface area contributed by atoms with Crippen LogP contribution in [0.4, 0.5) is 0 Å². The number of hydrogen-bond donors (Lipinski definition) is 1. The number of carbonyl (C=O) groups is 1. The number of hydrogen-bond acceptors (Lipinski definition) is 2. The Morgan fingerprint density at radius 1 is 1.41 bits per heavy atom. The fourth-order valence-corrected chi connectivity index (χ4v) is 1.79. The van der Waals surface area contributed by atoms with Gasteiger partial charge in [0.25, 0.3) is 0 Å². The normalized spacial score (nSPS) is 12.0. The van der Waals surface area contributed by atoms with Crippen molar-refractivity contribution in [3.05, 3.63) is 41.0 Å². The molecular formula is C15H20O2. The van der Waals surface area contributed by atoms with Crippen molar-refractivity contribution >= 4 is 5.78 Å². The zero-order valence-corrected chi connectivity index (χ0v) is 10.9. The van der Waals surface area contributed by atoms with E-state index in [1.807, 2.05) is 39.8 Å². The highest BCUT2D eigenvalue weighted by Crippen LogP contribution is 2.25. The average Bonchev–Trinajstić information content (AvgIpc) is 2.20. The topological polar surface area (TPSA) is 37.3 Å². The second kappa shape index (κ2) is 5.67. The molecule has 0 saturated heterocycles. The van der Waals surface area contributed by atoms with Crippen molar-refractivity contribution in [2.75, 3.05) is 0 Å². The number of rotatable bonds is 4. The summed E-state index contributed by atoms with van der Waals surface area (Å²) in [5.41, 5.74) is 2.98. The van der Waals surface area contributed by atoms with Crippen LogP contribution in [-0.2, 0) is 4.79 Å². The Balaban J connectivity index is 2.76. The number of aryl methyl sites for hydroxylation is 1. The summed E-state index contributed by atoms with van der Waals surface area (Å²) in [5, 5.41) is 9.45. The Morgan fingerprint density at radius 3 is 2.59 bits per heavy atom. The predicted molar refractivity (Wildman–Crippen MR) is 70.3 cm³/mol. The van der Waals surface area contributed by atoms with Gasteiger partial charge in [0.05, 0.1) is 0 Å². The van der Waals surface area contributed by atoms with Gasteiger partial charge in [-0.15, -0.1) is 0 Å². The minimum Gasteiger partial charge on any atom is -0.508 e. The first-order valence-electron chi connectivity index (χ1n) is 5.87. The zero-order chi connectivity index (χ0) is 13.0. The van der Waals surface area contributed by atoms with Crippen LogP contribution in [0, 0.1) is 6.92 Å². The van der Waals surface area contributed by atoms with Crippen molar-refractivity contribution in [3.63, 3.8) is 0 Å². The third-order valence-electron chi connectivity index (χ3n) is 2.75. The van der Waals surface area contributed by atoms with Crippen LogP contribution in [0.25, 0.3) is 0 Å². The first-order valence-corrected chi connectivity index (χ1v) is 5.87. The van der Waals surface area contributed by atoms with Crippen molar-refractivity contribution in [1.29, 1.82) is 0 Å². The van der Waals surface area contributed by atoms with Crippen LogP contribution in [0.2, 0.25) is 0 Å². The maximum Gasteiger partial charge on any atom is 0.156 e. The van der Waals surface area contributed by atoms with E-state index in [1.165, 1.54) is 0 Å². The van der Waals surface area contributed by atoms with E-state index in [9.17, 15) is 9.90 Å². The van der Waals surface area contributed by atoms with E-state index < -0.39 is 0 Å². The number of carbonyl (C=O) groups excluding carboxylic acids is 1. The molecule has 2 nitrogen and oxygen atoms in total. The Bertz CT molecular complexity index is 440. The molecule has 1 rings (SSSR count). The summed E-state index contributed by atoms with van der Waals surface area (Å²) in [7, 11) is 0. The van der Waals surface area contributed by atoms with Crippen LogP contribution in [0.1, 0.15) is 44.2 Å². The molecule has 0 aliphatic heterocycles. The van der Waals surface area contributed by atoms with Gasteiger partial charge in [0.1, 0.15) is 5.75 Å². The smallest absolute Gasteiger partial charge is 0.156 e. The molecule has 92 valence electrons. The molecule has 1 N–H and O–H groups in total. The molecule has 0 aliphatic carbocycles.